The molecule has 23 heavy (non-hydrogen) atoms. The van der Waals surface area contributed by atoms with Crippen LogP contribution in [0.25, 0.3) is 0 Å². The van der Waals surface area contributed by atoms with Gasteiger partial charge in [-0.15, -0.1) is 24.8 Å². The zero-order chi connectivity index (χ0) is 15.4. The van der Waals surface area contributed by atoms with E-state index in [1.807, 2.05) is 32.0 Å². The number of carbonyl (C=O) groups is 1. The minimum absolute atomic E-state index is 0. The van der Waals surface area contributed by atoms with Gasteiger partial charge in [0.1, 0.15) is 0 Å². The average Bonchev–Trinajstić information content (AvgIpc) is 2.47. The standard InChI is InChI=1S/C15H22BrN3O2.2ClH/c1-10(11(2)17)15(20)18-13-9-12(16)3-4-14(13)19-5-7-21-8-6-19;;/h3-4,9-11H,5-8,17H2,1-2H3,(H,18,20);2*1H. The second-order valence-corrected chi connectivity index (χ2v) is 6.31. The second kappa shape index (κ2) is 10.4. The van der Waals surface area contributed by atoms with Crippen molar-refractivity contribution in [1.82, 2.24) is 0 Å². The molecule has 2 atom stereocenters. The third-order valence-corrected chi connectivity index (χ3v) is 4.26. The number of ether oxygens (including phenoxy) is 1. The largest absolute Gasteiger partial charge is 0.378 e. The maximum atomic E-state index is 12.3. The van der Waals surface area contributed by atoms with Crippen LogP contribution in [0.1, 0.15) is 13.8 Å². The van der Waals surface area contributed by atoms with E-state index >= 15 is 0 Å². The summed E-state index contributed by atoms with van der Waals surface area (Å²) in [7, 11) is 0. The predicted octanol–water partition coefficient (Wildman–Crippen LogP) is 3.05. The quantitative estimate of drug-likeness (QED) is 0.773. The van der Waals surface area contributed by atoms with E-state index in [0.717, 1.165) is 28.9 Å². The monoisotopic (exact) mass is 427 g/mol. The lowest BCUT2D eigenvalue weighted by Gasteiger charge is -2.31. The Morgan fingerprint density at radius 1 is 1.30 bits per heavy atom. The molecular formula is C15H24BrCl2N3O2. The van der Waals surface area contributed by atoms with Crippen LogP contribution in [0.5, 0.6) is 0 Å². The van der Waals surface area contributed by atoms with Gasteiger partial charge in [0.2, 0.25) is 5.91 Å². The van der Waals surface area contributed by atoms with Crippen LogP contribution in [-0.2, 0) is 9.53 Å². The summed E-state index contributed by atoms with van der Waals surface area (Å²) in [5.41, 5.74) is 7.63. The first-order valence-corrected chi connectivity index (χ1v) is 7.97. The van der Waals surface area contributed by atoms with E-state index in [4.69, 9.17) is 10.5 Å². The minimum Gasteiger partial charge on any atom is -0.378 e. The van der Waals surface area contributed by atoms with Crippen molar-refractivity contribution in [1.29, 1.82) is 0 Å². The number of nitrogens with zero attached hydrogens (tertiary/aromatic N) is 1. The number of nitrogens with one attached hydrogen (secondary N) is 1. The summed E-state index contributed by atoms with van der Waals surface area (Å²) < 4.78 is 6.31. The molecule has 1 amide bonds. The Labute approximate surface area is 158 Å². The molecule has 8 heteroatoms. The Balaban J connectivity index is 0.00000242. The fraction of sp³-hybridized carbons (Fsp3) is 0.533. The second-order valence-electron chi connectivity index (χ2n) is 5.40. The third-order valence-electron chi connectivity index (χ3n) is 3.77. The number of morpholine rings is 1. The van der Waals surface area contributed by atoms with Crippen molar-refractivity contribution in [3.05, 3.63) is 22.7 Å². The Kier molecular flexibility index (Phi) is 10.1. The number of carbonyl (C=O) groups excluding carboxylic acids is 1. The molecule has 5 nitrogen and oxygen atoms in total. The van der Waals surface area contributed by atoms with Crippen molar-refractivity contribution in [2.45, 2.75) is 19.9 Å². The topological polar surface area (TPSA) is 67.6 Å². The maximum Gasteiger partial charge on any atom is 0.228 e. The van der Waals surface area contributed by atoms with Crippen LogP contribution in [0.2, 0.25) is 0 Å². The van der Waals surface area contributed by atoms with Crippen LogP contribution in [0.3, 0.4) is 0 Å². The van der Waals surface area contributed by atoms with Crippen molar-refractivity contribution in [3.8, 4) is 0 Å². The van der Waals surface area contributed by atoms with E-state index in [9.17, 15) is 4.79 Å². The molecule has 3 N–H and O–H groups in total. The molecule has 0 radical (unpaired) electrons. The summed E-state index contributed by atoms with van der Waals surface area (Å²) in [5.74, 6) is -0.292. The van der Waals surface area contributed by atoms with Crippen LogP contribution >= 0.6 is 40.7 Å². The molecule has 0 aromatic heterocycles. The van der Waals surface area contributed by atoms with Crippen molar-refractivity contribution in [3.63, 3.8) is 0 Å². The van der Waals surface area contributed by atoms with Crippen molar-refractivity contribution < 1.29 is 9.53 Å². The molecule has 0 spiro atoms. The van der Waals surface area contributed by atoms with E-state index in [0.29, 0.717) is 13.2 Å². The molecule has 2 rings (SSSR count). The number of anilines is 2. The first-order valence-electron chi connectivity index (χ1n) is 7.17. The number of hydrogen-bond acceptors (Lipinski definition) is 4. The highest BCUT2D eigenvalue weighted by atomic mass is 79.9. The molecule has 1 heterocycles. The highest BCUT2D eigenvalue weighted by Gasteiger charge is 2.20. The zero-order valence-electron chi connectivity index (χ0n) is 13.3. The van der Waals surface area contributed by atoms with Crippen molar-refractivity contribution >= 4 is 58.0 Å². The highest BCUT2D eigenvalue weighted by Crippen LogP contribution is 2.30. The van der Waals surface area contributed by atoms with Gasteiger partial charge < -0.3 is 20.7 Å². The van der Waals surface area contributed by atoms with Crippen molar-refractivity contribution in [2.75, 3.05) is 36.5 Å². The Bertz CT molecular complexity index is 511. The molecule has 0 bridgehead atoms. The third kappa shape index (κ3) is 6.12. The van der Waals surface area contributed by atoms with Crippen LogP contribution in [0, 0.1) is 5.92 Å². The van der Waals surface area contributed by atoms with Gasteiger partial charge in [-0.1, -0.05) is 22.9 Å². The average molecular weight is 429 g/mol. The van der Waals surface area contributed by atoms with Crippen LogP contribution in [-0.4, -0.2) is 38.3 Å². The van der Waals surface area contributed by atoms with Gasteiger partial charge in [0.15, 0.2) is 0 Å². The number of rotatable bonds is 4. The fourth-order valence-electron chi connectivity index (χ4n) is 2.17. The number of amides is 1. The Hall–Kier alpha value is -0.530. The zero-order valence-corrected chi connectivity index (χ0v) is 16.5. The van der Waals surface area contributed by atoms with Gasteiger partial charge in [0, 0.05) is 23.6 Å². The van der Waals surface area contributed by atoms with Gasteiger partial charge >= 0.3 is 0 Å². The maximum absolute atomic E-state index is 12.3. The minimum atomic E-state index is -0.235. The first kappa shape index (κ1) is 22.5. The molecule has 1 aromatic carbocycles. The van der Waals surface area contributed by atoms with E-state index < -0.39 is 0 Å². The summed E-state index contributed by atoms with van der Waals surface area (Å²) >= 11 is 3.46. The lowest BCUT2D eigenvalue weighted by molar-refractivity contribution is -0.119. The Morgan fingerprint density at radius 2 is 1.91 bits per heavy atom. The number of hydrogen-bond donors (Lipinski definition) is 2. The van der Waals surface area contributed by atoms with E-state index in [2.05, 4.69) is 26.1 Å². The lowest BCUT2D eigenvalue weighted by atomic mass is 10.0. The first-order chi connectivity index (χ1) is 9.99. The van der Waals surface area contributed by atoms with Gasteiger partial charge in [-0.3, -0.25) is 4.79 Å². The van der Waals surface area contributed by atoms with Gasteiger partial charge in [-0.05, 0) is 25.1 Å². The number of nitrogens with two attached hydrogens (primary N) is 1. The van der Waals surface area contributed by atoms with Gasteiger partial charge in [-0.25, -0.2) is 0 Å². The molecule has 1 aliphatic heterocycles. The predicted molar refractivity (Wildman–Crippen MR) is 103 cm³/mol. The van der Waals surface area contributed by atoms with Crippen LogP contribution in [0.4, 0.5) is 11.4 Å². The molecular weight excluding hydrogens is 405 g/mol. The molecule has 1 aliphatic rings. The Morgan fingerprint density at radius 3 is 2.48 bits per heavy atom. The number of benzene rings is 1. The summed E-state index contributed by atoms with van der Waals surface area (Å²) in [6.45, 7) is 6.75. The molecule has 1 aromatic rings. The molecule has 132 valence electrons. The SMILES string of the molecule is CC(N)C(C)C(=O)Nc1cc(Br)ccc1N1CCOCC1.Cl.Cl. The summed E-state index contributed by atoms with van der Waals surface area (Å²) in [5, 5.41) is 3.00. The van der Waals surface area contributed by atoms with E-state index in [1.165, 1.54) is 0 Å². The lowest BCUT2D eigenvalue weighted by Crippen LogP contribution is -2.38. The highest BCUT2D eigenvalue weighted by molar-refractivity contribution is 9.10. The number of halogens is 3. The molecule has 2 unspecified atom stereocenters. The van der Waals surface area contributed by atoms with Gasteiger partial charge in [0.25, 0.3) is 0 Å². The normalized spacial score (nSPS) is 16.6. The molecule has 0 saturated carbocycles. The molecule has 1 saturated heterocycles. The van der Waals surface area contributed by atoms with Crippen molar-refractivity contribution in [2.24, 2.45) is 11.7 Å². The fourth-order valence-corrected chi connectivity index (χ4v) is 2.53. The van der Waals surface area contributed by atoms with Crippen LogP contribution in [0.15, 0.2) is 22.7 Å². The van der Waals surface area contributed by atoms with Crippen LogP contribution < -0.4 is 16.0 Å². The summed E-state index contributed by atoms with van der Waals surface area (Å²) in [6.07, 6.45) is 0. The van der Waals surface area contributed by atoms with E-state index in [-0.39, 0.29) is 42.7 Å². The summed E-state index contributed by atoms with van der Waals surface area (Å²) in [4.78, 5) is 14.5. The van der Waals surface area contributed by atoms with E-state index in [1.54, 1.807) is 0 Å². The molecule has 0 aliphatic carbocycles. The smallest absolute Gasteiger partial charge is 0.228 e. The van der Waals surface area contributed by atoms with Gasteiger partial charge in [-0.2, -0.15) is 0 Å². The molecule has 1 fully saturated rings. The van der Waals surface area contributed by atoms with Gasteiger partial charge in [0.05, 0.1) is 30.5 Å². The summed E-state index contributed by atoms with van der Waals surface area (Å²) in [6, 6.07) is 5.75.